The van der Waals surface area contributed by atoms with E-state index >= 15 is 0 Å². The number of amides is 1. The van der Waals surface area contributed by atoms with E-state index in [1.807, 2.05) is 0 Å². The van der Waals surface area contributed by atoms with Gasteiger partial charge in [-0.25, -0.2) is 9.59 Å². The largest absolute Gasteiger partial charge is 0.492 e. The topological polar surface area (TPSA) is 189 Å². The zero-order chi connectivity index (χ0) is 38.5. The van der Waals surface area contributed by atoms with E-state index in [0.29, 0.717) is 27.1 Å². The molecule has 0 atom stereocenters. The van der Waals surface area contributed by atoms with Gasteiger partial charge < -0.3 is 39.3 Å². The molecule has 3 heterocycles. The Bertz CT molecular complexity index is 2070. The number of ether oxygens (including phenoxy) is 4. The number of aromatic hydroxyl groups is 2. The first-order valence-electron chi connectivity index (χ1n) is 16.8. The summed E-state index contributed by atoms with van der Waals surface area (Å²) in [7, 11) is 0. The molecule has 0 radical (unpaired) electrons. The lowest BCUT2D eigenvalue weighted by Gasteiger charge is -2.36. The molecule has 0 saturated carbocycles. The molecule has 3 aromatic carbocycles. The Balaban J connectivity index is 1.28. The molecule has 276 valence electrons. The summed E-state index contributed by atoms with van der Waals surface area (Å²) in [4.78, 5) is 69.0. The van der Waals surface area contributed by atoms with Gasteiger partial charge in [0.15, 0.2) is 5.60 Å². The van der Waals surface area contributed by atoms with E-state index in [4.69, 9.17) is 23.8 Å². The molecule has 1 spiro atoms. The first kappa shape index (κ1) is 36.5. The predicted molar refractivity (Wildman–Crippen MR) is 187 cm³/mol. The Labute approximate surface area is 304 Å². The van der Waals surface area contributed by atoms with E-state index in [1.54, 1.807) is 77.9 Å². The number of fused-ring (bicyclic) bond motifs is 6. The van der Waals surface area contributed by atoms with Crippen LogP contribution in [0.5, 0.6) is 34.8 Å². The molecule has 1 aromatic heterocycles. The number of carbonyl (C=O) groups excluding carboxylic acids is 5. The van der Waals surface area contributed by atoms with Gasteiger partial charge >= 0.3 is 23.9 Å². The number of hydrogen-bond donors (Lipinski definition) is 3. The highest BCUT2D eigenvalue weighted by molar-refractivity contribution is 6.00. The quantitative estimate of drug-likeness (QED) is 0.139. The van der Waals surface area contributed by atoms with Crippen LogP contribution < -0.4 is 24.4 Å². The SMILES string of the molecule is CC(C)(C)C(=O)Oc1ccc2c(c1)Oc1cc(OC(=O)C(C)(C)C)ccc1C21OC(=O)c2cc(NC(=O)CCCC(=O)On3c(O)ccc3O)ccc21. The standard InChI is InChI=1S/C39H38N2O12/c1-37(2,3)35(47)49-22-11-14-26-28(19-22)51-29-20-23(50-36(48)38(4,5)6)12-15-27(29)39(26)25-13-10-21(18-24(25)34(46)52-39)40-30(42)8-7-9-33(45)53-41-31(43)16-17-32(41)44/h10-20,43-44H,7-9H2,1-6H3,(H,40,42). The smallest absolute Gasteiger partial charge is 0.340 e. The number of nitrogens with zero attached hydrogens (tertiary/aromatic N) is 1. The van der Waals surface area contributed by atoms with Gasteiger partial charge in [-0.15, -0.1) is 4.73 Å². The molecule has 14 nitrogen and oxygen atoms in total. The van der Waals surface area contributed by atoms with Crippen LogP contribution in [0, 0.1) is 10.8 Å². The van der Waals surface area contributed by atoms with Gasteiger partial charge in [-0.3, -0.25) is 14.4 Å². The maximum Gasteiger partial charge on any atom is 0.340 e. The van der Waals surface area contributed by atoms with Crippen molar-refractivity contribution in [1.29, 1.82) is 0 Å². The molecule has 14 heteroatoms. The molecule has 0 fully saturated rings. The van der Waals surface area contributed by atoms with Crippen molar-refractivity contribution >= 4 is 35.5 Å². The lowest BCUT2D eigenvalue weighted by Crippen LogP contribution is -2.33. The van der Waals surface area contributed by atoms with Gasteiger partial charge in [0.1, 0.15) is 23.0 Å². The van der Waals surface area contributed by atoms with E-state index in [9.17, 15) is 34.2 Å². The number of benzene rings is 3. The summed E-state index contributed by atoms with van der Waals surface area (Å²) in [6, 6.07) is 16.6. The summed E-state index contributed by atoms with van der Waals surface area (Å²) in [5.74, 6) is -2.89. The Hall–Kier alpha value is -6.31. The molecule has 4 aromatic rings. The van der Waals surface area contributed by atoms with E-state index in [1.165, 1.54) is 18.2 Å². The Kier molecular flexibility index (Phi) is 9.19. The van der Waals surface area contributed by atoms with Crippen molar-refractivity contribution < 1.29 is 58.0 Å². The normalized spacial score (nSPS) is 13.9. The molecular formula is C39H38N2O12. The van der Waals surface area contributed by atoms with Crippen LogP contribution in [0.2, 0.25) is 0 Å². The number of carbonyl (C=O) groups is 5. The van der Waals surface area contributed by atoms with Crippen LogP contribution >= 0.6 is 0 Å². The zero-order valence-electron chi connectivity index (χ0n) is 29.9. The molecule has 2 aliphatic heterocycles. The van der Waals surface area contributed by atoms with Crippen molar-refractivity contribution in [2.75, 3.05) is 5.32 Å². The lowest BCUT2D eigenvalue weighted by molar-refractivity contribution is -0.145. The summed E-state index contributed by atoms with van der Waals surface area (Å²) in [6.07, 6.45) is -0.164. The average molecular weight is 727 g/mol. The maximum atomic E-state index is 13.7. The van der Waals surface area contributed by atoms with Crippen LogP contribution in [0.4, 0.5) is 5.69 Å². The van der Waals surface area contributed by atoms with E-state index < -0.39 is 58.0 Å². The van der Waals surface area contributed by atoms with Crippen LogP contribution in [0.15, 0.2) is 66.7 Å². The highest BCUT2D eigenvalue weighted by atomic mass is 16.7. The molecule has 6 rings (SSSR count). The molecule has 53 heavy (non-hydrogen) atoms. The van der Waals surface area contributed by atoms with Gasteiger partial charge in [-0.1, -0.05) is 6.07 Å². The van der Waals surface area contributed by atoms with E-state index in [2.05, 4.69) is 5.32 Å². The summed E-state index contributed by atoms with van der Waals surface area (Å²) >= 11 is 0. The third kappa shape index (κ3) is 7.12. The Morgan fingerprint density at radius 2 is 1.26 bits per heavy atom. The van der Waals surface area contributed by atoms with Crippen LogP contribution in [-0.2, 0) is 29.5 Å². The minimum Gasteiger partial charge on any atom is -0.492 e. The third-order valence-corrected chi connectivity index (χ3v) is 8.45. The second-order valence-corrected chi connectivity index (χ2v) is 14.7. The fourth-order valence-electron chi connectivity index (χ4n) is 5.67. The van der Waals surface area contributed by atoms with Crippen LogP contribution in [0.25, 0.3) is 0 Å². The van der Waals surface area contributed by atoms with Crippen LogP contribution in [-0.4, -0.2) is 44.7 Å². The van der Waals surface area contributed by atoms with Crippen LogP contribution in [0.1, 0.15) is 87.9 Å². The second kappa shape index (κ2) is 13.3. The monoisotopic (exact) mass is 726 g/mol. The number of aromatic nitrogens is 1. The minimum absolute atomic E-state index is 0.0768. The summed E-state index contributed by atoms with van der Waals surface area (Å²) in [6.45, 7) is 10.4. The molecule has 2 aliphatic rings. The third-order valence-electron chi connectivity index (χ3n) is 8.45. The number of anilines is 1. The van der Waals surface area contributed by atoms with E-state index in [0.717, 1.165) is 12.1 Å². The van der Waals surface area contributed by atoms with Crippen molar-refractivity contribution in [3.8, 4) is 34.8 Å². The highest BCUT2D eigenvalue weighted by Gasteiger charge is 2.54. The lowest BCUT2D eigenvalue weighted by atomic mass is 9.77. The summed E-state index contributed by atoms with van der Waals surface area (Å²) in [5.41, 5.74) is -1.29. The van der Waals surface area contributed by atoms with Gasteiger partial charge in [0.2, 0.25) is 17.7 Å². The number of hydrogen-bond acceptors (Lipinski definition) is 12. The minimum atomic E-state index is -1.53. The van der Waals surface area contributed by atoms with Crippen LogP contribution in [0.3, 0.4) is 0 Å². The molecule has 0 bridgehead atoms. The van der Waals surface area contributed by atoms with Crippen molar-refractivity contribution in [2.45, 2.75) is 66.4 Å². The molecule has 3 N–H and O–H groups in total. The van der Waals surface area contributed by atoms with Gasteiger partial charge in [0.25, 0.3) is 0 Å². The number of esters is 3. The predicted octanol–water partition coefficient (Wildman–Crippen LogP) is 6.13. The van der Waals surface area contributed by atoms with Crippen molar-refractivity contribution in [1.82, 2.24) is 4.73 Å². The first-order chi connectivity index (χ1) is 24.9. The number of rotatable bonds is 8. The molecule has 0 aliphatic carbocycles. The Morgan fingerprint density at radius 3 is 1.79 bits per heavy atom. The molecule has 0 unspecified atom stereocenters. The van der Waals surface area contributed by atoms with E-state index in [-0.39, 0.29) is 47.8 Å². The first-order valence-corrected chi connectivity index (χ1v) is 16.8. The fraction of sp³-hybridized carbons (Fsp3) is 0.308. The highest BCUT2D eigenvalue weighted by Crippen LogP contribution is 2.57. The molecular weight excluding hydrogens is 688 g/mol. The summed E-state index contributed by atoms with van der Waals surface area (Å²) < 4.78 is 24.4. The van der Waals surface area contributed by atoms with Crippen molar-refractivity contribution in [3.05, 3.63) is 89.0 Å². The molecule has 0 saturated heterocycles. The zero-order valence-corrected chi connectivity index (χ0v) is 29.9. The second-order valence-electron chi connectivity index (χ2n) is 14.7. The van der Waals surface area contributed by atoms with Gasteiger partial charge in [0.05, 0.1) is 16.4 Å². The maximum absolute atomic E-state index is 13.7. The van der Waals surface area contributed by atoms with Gasteiger partial charge in [-0.05, 0) is 84.4 Å². The van der Waals surface area contributed by atoms with Gasteiger partial charge in [0, 0.05) is 59.5 Å². The Morgan fingerprint density at radius 1 is 0.736 bits per heavy atom. The van der Waals surface area contributed by atoms with Gasteiger partial charge in [-0.2, -0.15) is 0 Å². The average Bonchev–Trinajstić information content (AvgIpc) is 3.54. The fourth-order valence-corrected chi connectivity index (χ4v) is 5.67. The number of nitrogens with one attached hydrogen (secondary N) is 1. The van der Waals surface area contributed by atoms with Crippen molar-refractivity contribution in [3.63, 3.8) is 0 Å². The van der Waals surface area contributed by atoms with Crippen molar-refractivity contribution in [2.24, 2.45) is 10.8 Å². The summed E-state index contributed by atoms with van der Waals surface area (Å²) in [5, 5.41) is 22.0. The molecule has 1 amide bonds.